The van der Waals surface area contributed by atoms with Crippen LogP contribution in [-0.4, -0.2) is 38.9 Å². The SMILES string of the molecule is CC(=O)Nc1cc(F)c(C(=O)O)cc1[N+](=O)[O-].CC(=O)Nc1ccc(C(=O)O)c(F)c1. The number of nitro benzene ring substituents is 1. The summed E-state index contributed by atoms with van der Waals surface area (Å²) in [4.78, 5) is 52.1. The molecule has 0 unspecified atom stereocenters. The second kappa shape index (κ2) is 10.4. The van der Waals surface area contributed by atoms with Gasteiger partial charge in [-0.3, -0.25) is 19.7 Å². The van der Waals surface area contributed by atoms with Crippen molar-refractivity contribution in [3.8, 4) is 0 Å². The van der Waals surface area contributed by atoms with Crippen LogP contribution >= 0.6 is 0 Å². The van der Waals surface area contributed by atoms with E-state index in [-0.39, 0.29) is 17.3 Å². The zero-order chi connectivity index (χ0) is 23.9. The summed E-state index contributed by atoms with van der Waals surface area (Å²) in [6.45, 7) is 2.37. The molecule has 0 bridgehead atoms. The molecular weight excluding hydrogens is 424 g/mol. The minimum absolute atomic E-state index is 0.236. The number of carboxylic acids is 2. The molecule has 2 amide bonds. The Balaban J connectivity index is 0.000000316. The molecule has 0 spiro atoms. The number of benzene rings is 2. The normalized spacial score (nSPS) is 9.68. The van der Waals surface area contributed by atoms with Crippen LogP contribution in [0.5, 0.6) is 0 Å². The van der Waals surface area contributed by atoms with Crippen molar-refractivity contribution in [2.45, 2.75) is 13.8 Å². The van der Waals surface area contributed by atoms with Crippen LogP contribution in [0.15, 0.2) is 30.3 Å². The second-order valence-corrected chi connectivity index (χ2v) is 5.77. The number of anilines is 2. The number of carbonyl (C=O) groups is 4. The maximum Gasteiger partial charge on any atom is 0.338 e. The molecule has 0 saturated heterocycles. The van der Waals surface area contributed by atoms with Crippen LogP contribution in [0.2, 0.25) is 0 Å². The van der Waals surface area contributed by atoms with Gasteiger partial charge in [0.1, 0.15) is 22.9 Å². The molecule has 0 aliphatic rings. The Kier molecular flexibility index (Phi) is 8.25. The Morgan fingerprint density at radius 2 is 1.39 bits per heavy atom. The molecule has 0 fully saturated rings. The van der Waals surface area contributed by atoms with Crippen LogP contribution < -0.4 is 10.6 Å². The van der Waals surface area contributed by atoms with Gasteiger partial charge in [0.15, 0.2) is 0 Å². The minimum atomic E-state index is -1.63. The molecule has 0 radical (unpaired) electrons. The van der Waals surface area contributed by atoms with Crippen molar-refractivity contribution in [2.24, 2.45) is 0 Å². The monoisotopic (exact) mass is 439 g/mol. The van der Waals surface area contributed by atoms with Gasteiger partial charge >= 0.3 is 11.9 Å². The molecule has 2 rings (SSSR count). The van der Waals surface area contributed by atoms with E-state index in [0.29, 0.717) is 12.1 Å². The van der Waals surface area contributed by atoms with E-state index in [4.69, 9.17) is 10.2 Å². The first-order valence-corrected chi connectivity index (χ1v) is 8.12. The highest BCUT2D eigenvalue weighted by Gasteiger charge is 2.22. The summed E-state index contributed by atoms with van der Waals surface area (Å²) < 4.78 is 26.3. The lowest BCUT2D eigenvalue weighted by molar-refractivity contribution is -0.384. The highest BCUT2D eigenvalue weighted by Crippen LogP contribution is 2.27. The van der Waals surface area contributed by atoms with Gasteiger partial charge < -0.3 is 20.8 Å². The first-order chi connectivity index (χ1) is 14.3. The van der Waals surface area contributed by atoms with Gasteiger partial charge in [0.2, 0.25) is 11.8 Å². The van der Waals surface area contributed by atoms with Crippen molar-refractivity contribution in [3.63, 3.8) is 0 Å². The van der Waals surface area contributed by atoms with E-state index in [9.17, 15) is 38.1 Å². The van der Waals surface area contributed by atoms with Gasteiger partial charge in [-0.05, 0) is 18.2 Å². The van der Waals surface area contributed by atoms with E-state index in [1.807, 2.05) is 5.32 Å². The predicted octanol–water partition coefficient (Wildman–Crippen LogP) is 2.87. The molecule has 0 aliphatic heterocycles. The van der Waals surface area contributed by atoms with Crippen LogP contribution in [0.3, 0.4) is 0 Å². The van der Waals surface area contributed by atoms with Crippen molar-refractivity contribution in [2.75, 3.05) is 10.6 Å². The van der Waals surface area contributed by atoms with Crippen molar-refractivity contribution < 1.29 is 43.1 Å². The van der Waals surface area contributed by atoms with E-state index in [0.717, 1.165) is 19.1 Å². The lowest BCUT2D eigenvalue weighted by atomic mass is 10.1. The molecule has 11 nitrogen and oxygen atoms in total. The molecule has 164 valence electrons. The summed E-state index contributed by atoms with van der Waals surface area (Å²) in [6.07, 6.45) is 0. The van der Waals surface area contributed by atoms with E-state index >= 15 is 0 Å². The molecule has 0 aliphatic carbocycles. The molecule has 2 aromatic carbocycles. The summed E-state index contributed by atoms with van der Waals surface area (Å²) in [5.41, 5.74) is -2.08. The van der Waals surface area contributed by atoms with Crippen LogP contribution in [0.25, 0.3) is 0 Å². The van der Waals surface area contributed by atoms with Crippen LogP contribution in [0.1, 0.15) is 34.6 Å². The Morgan fingerprint density at radius 3 is 1.81 bits per heavy atom. The summed E-state index contributed by atoms with van der Waals surface area (Å²) in [5, 5.41) is 32.1. The Morgan fingerprint density at radius 1 is 0.871 bits per heavy atom. The maximum absolute atomic E-state index is 13.2. The number of amides is 2. The Labute approximate surface area is 172 Å². The van der Waals surface area contributed by atoms with Gasteiger partial charge in [-0.25, -0.2) is 18.4 Å². The number of carboxylic acid groups (broad SMARTS) is 2. The molecule has 31 heavy (non-hydrogen) atoms. The molecule has 0 saturated carbocycles. The van der Waals surface area contributed by atoms with Gasteiger partial charge in [-0.15, -0.1) is 0 Å². The summed E-state index contributed by atoms with van der Waals surface area (Å²) in [5.74, 6) is -5.96. The first kappa shape index (κ1) is 24.6. The van der Waals surface area contributed by atoms with E-state index in [2.05, 4.69) is 5.32 Å². The molecular formula is C18H15F2N3O8. The largest absolute Gasteiger partial charge is 0.478 e. The quantitative estimate of drug-likeness (QED) is 0.406. The lowest BCUT2D eigenvalue weighted by Crippen LogP contribution is -2.10. The molecule has 13 heteroatoms. The number of nitrogens with zero attached hydrogens (tertiary/aromatic N) is 1. The molecule has 2 aromatic rings. The van der Waals surface area contributed by atoms with Gasteiger partial charge in [-0.2, -0.15) is 0 Å². The van der Waals surface area contributed by atoms with Crippen LogP contribution in [0, 0.1) is 21.7 Å². The zero-order valence-electron chi connectivity index (χ0n) is 15.9. The molecule has 4 N–H and O–H groups in total. The van der Waals surface area contributed by atoms with Gasteiger partial charge in [-0.1, -0.05) is 0 Å². The third-order valence-corrected chi connectivity index (χ3v) is 3.34. The number of rotatable bonds is 5. The van der Waals surface area contributed by atoms with Crippen LogP contribution in [-0.2, 0) is 9.59 Å². The van der Waals surface area contributed by atoms with Crippen molar-refractivity contribution in [1.82, 2.24) is 0 Å². The van der Waals surface area contributed by atoms with Gasteiger partial charge in [0.25, 0.3) is 5.69 Å². The minimum Gasteiger partial charge on any atom is -0.478 e. The van der Waals surface area contributed by atoms with E-state index in [1.165, 1.54) is 13.0 Å². The number of nitro groups is 1. The standard InChI is InChI=1S/C9H7FN2O5.C9H8FNO3/c1-4(13)11-7-3-6(10)5(9(14)15)2-8(7)12(16)17;1-5(12)11-6-2-3-7(9(13)14)8(10)4-6/h2-3H,1H3,(H,11,13)(H,14,15);2-4H,1H3,(H,11,12)(H,13,14). The Bertz CT molecular complexity index is 1070. The number of nitrogens with one attached hydrogen (secondary N) is 2. The average molecular weight is 439 g/mol. The summed E-state index contributed by atoms with van der Waals surface area (Å²) in [7, 11) is 0. The Hall–Kier alpha value is -4.42. The van der Waals surface area contributed by atoms with Crippen molar-refractivity contribution in [1.29, 1.82) is 0 Å². The fourth-order valence-corrected chi connectivity index (χ4v) is 2.14. The fourth-order valence-electron chi connectivity index (χ4n) is 2.14. The zero-order valence-corrected chi connectivity index (χ0v) is 15.9. The number of aromatic carboxylic acids is 2. The average Bonchev–Trinajstić information content (AvgIpc) is 2.60. The second-order valence-electron chi connectivity index (χ2n) is 5.77. The lowest BCUT2D eigenvalue weighted by Gasteiger charge is -2.05. The predicted molar refractivity (Wildman–Crippen MR) is 102 cm³/mol. The summed E-state index contributed by atoms with van der Waals surface area (Å²) >= 11 is 0. The highest BCUT2D eigenvalue weighted by atomic mass is 19.1. The highest BCUT2D eigenvalue weighted by molar-refractivity contribution is 5.95. The topological polar surface area (TPSA) is 176 Å². The number of hydrogen-bond acceptors (Lipinski definition) is 6. The number of hydrogen-bond donors (Lipinski definition) is 4. The fraction of sp³-hybridized carbons (Fsp3) is 0.111. The maximum atomic E-state index is 13.2. The van der Waals surface area contributed by atoms with E-state index in [1.54, 1.807) is 0 Å². The summed E-state index contributed by atoms with van der Waals surface area (Å²) in [6, 6.07) is 4.55. The molecule has 0 aromatic heterocycles. The number of carbonyl (C=O) groups excluding carboxylic acids is 2. The smallest absolute Gasteiger partial charge is 0.338 e. The van der Waals surface area contributed by atoms with E-state index < -0.39 is 51.2 Å². The third kappa shape index (κ3) is 7.16. The van der Waals surface area contributed by atoms with Gasteiger partial charge in [0.05, 0.1) is 10.5 Å². The molecule has 0 atom stereocenters. The molecule has 0 heterocycles. The first-order valence-electron chi connectivity index (χ1n) is 8.12. The third-order valence-electron chi connectivity index (χ3n) is 3.34. The van der Waals surface area contributed by atoms with Crippen molar-refractivity contribution >= 4 is 40.8 Å². The van der Waals surface area contributed by atoms with Crippen LogP contribution in [0.4, 0.5) is 25.8 Å². The van der Waals surface area contributed by atoms with Crippen molar-refractivity contribution in [3.05, 3.63) is 63.2 Å². The number of halogens is 2. The van der Waals surface area contributed by atoms with Gasteiger partial charge in [0, 0.05) is 31.7 Å².